The number of hydrogen-bond acceptors (Lipinski definition) is 5. The van der Waals surface area contributed by atoms with E-state index in [1.54, 1.807) is 16.2 Å². The van der Waals surface area contributed by atoms with E-state index in [2.05, 4.69) is 0 Å². The van der Waals surface area contributed by atoms with E-state index < -0.39 is 10.0 Å². The lowest BCUT2D eigenvalue weighted by molar-refractivity contribution is 0.0754. The summed E-state index contributed by atoms with van der Waals surface area (Å²) in [5, 5.41) is 8.53. The highest BCUT2D eigenvalue weighted by Gasteiger charge is 2.19. The molecule has 0 aromatic carbocycles. The Bertz CT molecular complexity index is 689. The first-order valence-corrected chi connectivity index (χ1v) is 9.15. The van der Waals surface area contributed by atoms with Gasteiger partial charge in [-0.1, -0.05) is 6.07 Å². The minimum atomic E-state index is -3.75. The van der Waals surface area contributed by atoms with E-state index in [1.807, 2.05) is 24.4 Å². The van der Waals surface area contributed by atoms with Crippen molar-refractivity contribution in [3.63, 3.8) is 0 Å². The van der Waals surface area contributed by atoms with Crippen LogP contribution in [0.15, 0.2) is 33.2 Å². The fraction of sp³-hybridized carbons (Fsp3) is 0.250. The van der Waals surface area contributed by atoms with Gasteiger partial charge < -0.3 is 4.90 Å². The Kier molecular flexibility index (Phi) is 4.59. The molecule has 0 fully saturated rings. The standard InChI is InChI=1S/C12H14N2O3S3/c1-2-14(7-10-4-3-5-18-10)12(15)9-6-11(19-8-9)20(13,16)17/h3-6,8H,2,7H2,1H3,(H2,13,16,17). The van der Waals surface area contributed by atoms with Crippen LogP contribution in [-0.2, 0) is 16.6 Å². The molecule has 0 aliphatic carbocycles. The number of hydrogen-bond donors (Lipinski definition) is 1. The first-order chi connectivity index (χ1) is 9.41. The first kappa shape index (κ1) is 15.2. The summed E-state index contributed by atoms with van der Waals surface area (Å²) in [5.74, 6) is -0.188. The van der Waals surface area contributed by atoms with Crippen LogP contribution < -0.4 is 5.14 Å². The second-order valence-corrected chi connectivity index (χ2v) is 7.83. The molecular formula is C12H14N2O3S3. The molecule has 0 unspecified atom stereocenters. The summed E-state index contributed by atoms with van der Waals surface area (Å²) in [4.78, 5) is 15.1. The quantitative estimate of drug-likeness (QED) is 0.912. The largest absolute Gasteiger partial charge is 0.334 e. The topological polar surface area (TPSA) is 80.5 Å². The lowest BCUT2D eigenvalue weighted by Crippen LogP contribution is -2.29. The van der Waals surface area contributed by atoms with Crippen molar-refractivity contribution in [3.8, 4) is 0 Å². The van der Waals surface area contributed by atoms with Crippen molar-refractivity contribution in [2.24, 2.45) is 5.14 Å². The summed E-state index contributed by atoms with van der Waals surface area (Å²) in [6, 6.07) is 5.23. The Balaban J connectivity index is 2.18. The number of amides is 1. The van der Waals surface area contributed by atoms with Crippen LogP contribution in [-0.4, -0.2) is 25.8 Å². The fourth-order valence-corrected chi connectivity index (χ4v) is 3.98. The van der Waals surface area contributed by atoms with Gasteiger partial charge in [0.1, 0.15) is 4.21 Å². The number of nitrogens with zero attached hydrogens (tertiary/aromatic N) is 1. The molecule has 0 aliphatic heterocycles. The van der Waals surface area contributed by atoms with Gasteiger partial charge in [-0.15, -0.1) is 22.7 Å². The van der Waals surface area contributed by atoms with Crippen molar-refractivity contribution in [1.82, 2.24) is 4.90 Å². The molecule has 108 valence electrons. The number of carbonyl (C=O) groups excluding carboxylic acids is 1. The fourth-order valence-electron chi connectivity index (χ4n) is 1.68. The predicted molar refractivity (Wildman–Crippen MR) is 80.4 cm³/mol. The molecule has 2 rings (SSSR count). The molecule has 1 amide bonds. The number of carbonyl (C=O) groups is 1. The van der Waals surface area contributed by atoms with Gasteiger partial charge in [-0.3, -0.25) is 4.79 Å². The SMILES string of the molecule is CCN(Cc1cccs1)C(=O)c1csc(S(N)(=O)=O)c1. The smallest absolute Gasteiger partial charge is 0.255 e. The molecule has 2 heterocycles. The van der Waals surface area contributed by atoms with Crippen molar-refractivity contribution in [2.45, 2.75) is 17.7 Å². The highest BCUT2D eigenvalue weighted by molar-refractivity contribution is 7.91. The lowest BCUT2D eigenvalue weighted by Gasteiger charge is -2.19. The van der Waals surface area contributed by atoms with E-state index in [9.17, 15) is 13.2 Å². The third-order valence-corrected chi connectivity index (χ3v) is 5.95. The highest BCUT2D eigenvalue weighted by atomic mass is 32.2. The molecule has 20 heavy (non-hydrogen) atoms. The van der Waals surface area contributed by atoms with E-state index >= 15 is 0 Å². The van der Waals surface area contributed by atoms with Gasteiger partial charge in [0.2, 0.25) is 10.0 Å². The zero-order valence-corrected chi connectivity index (χ0v) is 13.2. The number of sulfonamides is 1. The number of thiophene rings is 2. The van der Waals surface area contributed by atoms with Crippen LogP contribution >= 0.6 is 22.7 Å². The molecule has 0 saturated heterocycles. The maximum Gasteiger partial charge on any atom is 0.255 e. The maximum atomic E-state index is 12.3. The van der Waals surface area contributed by atoms with Crippen LogP contribution in [0.3, 0.4) is 0 Å². The molecule has 8 heteroatoms. The Morgan fingerprint density at radius 3 is 2.65 bits per heavy atom. The minimum Gasteiger partial charge on any atom is -0.334 e. The van der Waals surface area contributed by atoms with E-state index in [0.717, 1.165) is 16.2 Å². The van der Waals surface area contributed by atoms with Crippen LogP contribution in [0.4, 0.5) is 0 Å². The van der Waals surface area contributed by atoms with Crippen molar-refractivity contribution in [2.75, 3.05) is 6.54 Å². The minimum absolute atomic E-state index is 0.00743. The molecule has 2 N–H and O–H groups in total. The zero-order valence-electron chi connectivity index (χ0n) is 10.8. The molecule has 5 nitrogen and oxygen atoms in total. The molecule has 2 aromatic rings. The van der Waals surface area contributed by atoms with Crippen LogP contribution in [0.2, 0.25) is 0 Å². The van der Waals surface area contributed by atoms with E-state index in [0.29, 0.717) is 18.7 Å². The second-order valence-electron chi connectivity index (χ2n) is 4.10. The van der Waals surface area contributed by atoms with Crippen LogP contribution in [0.1, 0.15) is 22.2 Å². The molecule has 0 spiro atoms. The van der Waals surface area contributed by atoms with Gasteiger partial charge >= 0.3 is 0 Å². The van der Waals surface area contributed by atoms with E-state index in [1.165, 1.54) is 11.4 Å². The average Bonchev–Trinajstić information content (AvgIpc) is 3.05. The van der Waals surface area contributed by atoms with E-state index in [4.69, 9.17) is 5.14 Å². The first-order valence-electron chi connectivity index (χ1n) is 5.85. The summed E-state index contributed by atoms with van der Waals surface area (Å²) >= 11 is 2.54. The zero-order chi connectivity index (χ0) is 14.8. The summed E-state index contributed by atoms with van der Waals surface area (Å²) in [6.45, 7) is 2.96. The normalized spacial score (nSPS) is 11.5. The van der Waals surface area contributed by atoms with Gasteiger partial charge in [0.05, 0.1) is 12.1 Å². The number of nitrogens with two attached hydrogens (primary N) is 1. The second kappa shape index (κ2) is 6.04. The Labute approximate surface area is 125 Å². The third-order valence-electron chi connectivity index (χ3n) is 2.70. The van der Waals surface area contributed by atoms with E-state index in [-0.39, 0.29) is 10.1 Å². The van der Waals surface area contributed by atoms with Gasteiger partial charge in [-0.25, -0.2) is 13.6 Å². The molecule has 0 radical (unpaired) electrons. The summed E-state index contributed by atoms with van der Waals surface area (Å²) in [7, 11) is -3.75. The molecular weight excluding hydrogens is 316 g/mol. The molecule has 2 aromatic heterocycles. The van der Waals surface area contributed by atoms with Gasteiger partial charge in [-0.05, 0) is 24.4 Å². The summed E-state index contributed by atoms with van der Waals surface area (Å²) in [6.07, 6.45) is 0. The highest BCUT2D eigenvalue weighted by Crippen LogP contribution is 2.21. The van der Waals surface area contributed by atoms with Crippen LogP contribution in [0, 0.1) is 0 Å². The molecule has 0 aliphatic rings. The number of primary sulfonamides is 1. The number of rotatable bonds is 5. The predicted octanol–water partition coefficient (Wildman–Crippen LogP) is 2.12. The lowest BCUT2D eigenvalue weighted by atomic mass is 10.3. The average molecular weight is 330 g/mol. The Morgan fingerprint density at radius 1 is 1.40 bits per heavy atom. The third kappa shape index (κ3) is 3.45. The molecule has 0 atom stereocenters. The van der Waals surface area contributed by atoms with Gasteiger partial charge in [0, 0.05) is 16.8 Å². The Morgan fingerprint density at radius 2 is 2.15 bits per heavy atom. The van der Waals surface area contributed by atoms with Crippen molar-refractivity contribution in [3.05, 3.63) is 39.4 Å². The summed E-state index contributed by atoms with van der Waals surface area (Å²) < 4.78 is 22.5. The Hall–Kier alpha value is -1.22. The van der Waals surface area contributed by atoms with Crippen molar-refractivity contribution >= 4 is 38.6 Å². The van der Waals surface area contributed by atoms with Crippen LogP contribution in [0.25, 0.3) is 0 Å². The van der Waals surface area contributed by atoms with Gasteiger partial charge in [-0.2, -0.15) is 0 Å². The summed E-state index contributed by atoms with van der Waals surface area (Å²) in [5.41, 5.74) is 0.359. The van der Waals surface area contributed by atoms with Crippen LogP contribution in [0.5, 0.6) is 0 Å². The van der Waals surface area contributed by atoms with Crippen molar-refractivity contribution in [1.29, 1.82) is 0 Å². The van der Waals surface area contributed by atoms with Gasteiger partial charge in [0.25, 0.3) is 5.91 Å². The maximum absolute atomic E-state index is 12.3. The monoisotopic (exact) mass is 330 g/mol. The van der Waals surface area contributed by atoms with Gasteiger partial charge in [0.15, 0.2) is 0 Å². The van der Waals surface area contributed by atoms with Crippen molar-refractivity contribution < 1.29 is 13.2 Å². The molecule has 0 saturated carbocycles. The molecule has 0 bridgehead atoms.